The maximum Gasteiger partial charge on any atom is 0.356 e. The van der Waals surface area contributed by atoms with Gasteiger partial charge in [-0.3, -0.25) is 9.55 Å². The molecule has 0 spiro atoms. The number of aromatic nitrogens is 4. The Bertz CT molecular complexity index is 548. The molecule has 2 aromatic heterocycles. The quantitative estimate of drug-likeness (QED) is 0.812. The second-order valence-electron chi connectivity index (χ2n) is 3.39. The Morgan fingerprint density at radius 1 is 1.38 bits per heavy atom. The van der Waals surface area contributed by atoms with Gasteiger partial charge in [-0.2, -0.15) is 0 Å². The first-order chi connectivity index (χ1) is 7.58. The van der Waals surface area contributed by atoms with Crippen LogP contribution in [0.4, 0.5) is 0 Å². The van der Waals surface area contributed by atoms with Gasteiger partial charge in [-0.1, -0.05) is 0 Å². The van der Waals surface area contributed by atoms with Crippen LogP contribution >= 0.6 is 0 Å². The monoisotopic (exact) mass is 218 g/mol. The van der Waals surface area contributed by atoms with E-state index >= 15 is 0 Å². The lowest BCUT2D eigenvalue weighted by Gasteiger charge is -2.04. The minimum atomic E-state index is -1.06. The van der Waals surface area contributed by atoms with Gasteiger partial charge in [-0.25, -0.2) is 14.8 Å². The molecule has 16 heavy (non-hydrogen) atoms. The van der Waals surface area contributed by atoms with E-state index in [0.717, 1.165) is 11.4 Å². The third kappa shape index (κ3) is 1.77. The average molecular weight is 218 g/mol. The molecular weight excluding hydrogens is 208 g/mol. The maximum atomic E-state index is 10.7. The molecule has 0 bridgehead atoms. The molecule has 0 unspecified atom stereocenters. The summed E-state index contributed by atoms with van der Waals surface area (Å²) in [6.07, 6.45) is 4.49. The molecule has 0 amide bonds. The first-order valence-corrected chi connectivity index (χ1v) is 4.66. The number of nitrogens with zero attached hydrogens (tertiary/aromatic N) is 4. The Morgan fingerprint density at radius 2 is 2.12 bits per heavy atom. The first kappa shape index (κ1) is 10.3. The molecule has 0 radical (unpaired) electrons. The summed E-state index contributed by atoms with van der Waals surface area (Å²) < 4.78 is 1.55. The van der Waals surface area contributed by atoms with Gasteiger partial charge < -0.3 is 5.11 Å². The fourth-order valence-electron chi connectivity index (χ4n) is 1.32. The highest BCUT2D eigenvalue weighted by Gasteiger charge is 2.10. The normalized spacial score (nSPS) is 10.4. The van der Waals surface area contributed by atoms with E-state index < -0.39 is 5.97 Å². The molecule has 6 nitrogen and oxygen atoms in total. The summed E-state index contributed by atoms with van der Waals surface area (Å²) in [6.45, 7) is 3.63. The van der Waals surface area contributed by atoms with E-state index in [-0.39, 0.29) is 5.69 Å². The molecular formula is C10H10N4O2. The van der Waals surface area contributed by atoms with Crippen molar-refractivity contribution in [1.29, 1.82) is 0 Å². The summed E-state index contributed by atoms with van der Waals surface area (Å²) in [5.74, 6) is -0.461. The molecule has 1 N–H and O–H groups in total. The van der Waals surface area contributed by atoms with E-state index in [1.165, 1.54) is 12.5 Å². The molecule has 0 saturated heterocycles. The van der Waals surface area contributed by atoms with E-state index in [0.29, 0.717) is 5.82 Å². The molecule has 6 heteroatoms. The van der Waals surface area contributed by atoms with E-state index in [2.05, 4.69) is 15.0 Å². The van der Waals surface area contributed by atoms with Crippen molar-refractivity contribution in [3.05, 3.63) is 35.8 Å². The van der Waals surface area contributed by atoms with Gasteiger partial charge in [-0.15, -0.1) is 0 Å². The van der Waals surface area contributed by atoms with Crippen molar-refractivity contribution in [1.82, 2.24) is 19.5 Å². The van der Waals surface area contributed by atoms with Crippen LogP contribution in [-0.4, -0.2) is 30.6 Å². The van der Waals surface area contributed by atoms with E-state index in [1.807, 2.05) is 13.8 Å². The van der Waals surface area contributed by atoms with E-state index in [9.17, 15) is 4.79 Å². The Morgan fingerprint density at radius 3 is 2.75 bits per heavy atom. The minimum Gasteiger partial charge on any atom is -0.476 e. The van der Waals surface area contributed by atoms with Crippen LogP contribution in [0.1, 0.15) is 21.9 Å². The second kappa shape index (κ2) is 3.73. The second-order valence-corrected chi connectivity index (χ2v) is 3.39. The summed E-state index contributed by atoms with van der Waals surface area (Å²) in [5, 5.41) is 8.76. The van der Waals surface area contributed by atoms with Crippen molar-refractivity contribution in [2.75, 3.05) is 0 Å². The summed E-state index contributed by atoms with van der Waals surface area (Å²) in [7, 11) is 0. The highest BCUT2D eigenvalue weighted by Crippen LogP contribution is 2.09. The number of carbonyl (C=O) groups is 1. The van der Waals surface area contributed by atoms with E-state index in [4.69, 9.17) is 5.11 Å². The lowest BCUT2D eigenvalue weighted by Crippen LogP contribution is -2.02. The molecule has 0 aliphatic heterocycles. The third-order valence-corrected chi connectivity index (χ3v) is 2.10. The van der Waals surface area contributed by atoms with Gasteiger partial charge in [0, 0.05) is 12.4 Å². The van der Waals surface area contributed by atoms with Crippen LogP contribution in [-0.2, 0) is 0 Å². The molecule has 0 fully saturated rings. The summed E-state index contributed by atoms with van der Waals surface area (Å²) in [4.78, 5) is 22.9. The number of hydrogen-bond donors (Lipinski definition) is 1. The fraction of sp³-hybridized carbons (Fsp3) is 0.200. The standard InChI is InChI=1S/C10H10N4O2/c1-6-3-11-7(2)9(13-6)14-4-8(10(15)16)12-5-14/h3-5H,1-2H3,(H,15,16). The van der Waals surface area contributed by atoms with Gasteiger partial charge in [0.2, 0.25) is 0 Å². The number of carboxylic acid groups (broad SMARTS) is 1. The average Bonchev–Trinajstić information content (AvgIpc) is 2.70. The molecule has 0 atom stereocenters. The highest BCUT2D eigenvalue weighted by atomic mass is 16.4. The lowest BCUT2D eigenvalue weighted by molar-refractivity contribution is 0.0691. The zero-order valence-electron chi connectivity index (χ0n) is 8.88. The SMILES string of the molecule is Cc1cnc(C)c(-n2cnc(C(=O)O)c2)n1. The number of aryl methyl sites for hydroxylation is 2. The van der Waals surface area contributed by atoms with Gasteiger partial charge in [0.25, 0.3) is 0 Å². The highest BCUT2D eigenvalue weighted by molar-refractivity contribution is 5.85. The lowest BCUT2D eigenvalue weighted by atomic mass is 10.4. The van der Waals surface area contributed by atoms with Crippen molar-refractivity contribution >= 4 is 5.97 Å². The Kier molecular flexibility index (Phi) is 2.40. The fourth-order valence-corrected chi connectivity index (χ4v) is 1.32. The maximum absolute atomic E-state index is 10.7. The zero-order valence-corrected chi connectivity index (χ0v) is 8.88. The molecule has 0 saturated carbocycles. The van der Waals surface area contributed by atoms with Gasteiger partial charge in [0.05, 0.1) is 11.4 Å². The summed E-state index contributed by atoms with van der Waals surface area (Å²) in [6, 6.07) is 0. The van der Waals surface area contributed by atoms with Crippen LogP contribution in [0.5, 0.6) is 0 Å². The zero-order chi connectivity index (χ0) is 11.7. The Hall–Kier alpha value is -2.24. The summed E-state index contributed by atoms with van der Waals surface area (Å²) >= 11 is 0. The van der Waals surface area contributed by atoms with Crippen molar-refractivity contribution in [3.8, 4) is 5.82 Å². The van der Waals surface area contributed by atoms with Crippen LogP contribution in [0.3, 0.4) is 0 Å². The molecule has 0 aliphatic carbocycles. The van der Waals surface area contributed by atoms with Gasteiger partial charge in [0.15, 0.2) is 11.5 Å². The predicted octanol–water partition coefficient (Wildman–Crippen LogP) is 0.977. The first-order valence-electron chi connectivity index (χ1n) is 4.66. The number of hydrogen-bond acceptors (Lipinski definition) is 4. The molecule has 0 aromatic carbocycles. The van der Waals surface area contributed by atoms with Gasteiger partial charge in [0.1, 0.15) is 6.33 Å². The molecule has 2 rings (SSSR count). The molecule has 2 aromatic rings. The van der Waals surface area contributed by atoms with Gasteiger partial charge in [-0.05, 0) is 13.8 Å². The number of imidazole rings is 1. The smallest absolute Gasteiger partial charge is 0.356 e. The third-order valence-electron chi connectivity index (χ3n) is 2.10. The summed E-state index contributed by atoms with van der Waals surface area (Å²) in [5.41, 5.74) is 1.48. The van der Waals surface area contributed by atoms with Crippen LogP contribution in [0, 0.1) is 13.8 Å². The minimum absolute atomic E-state index is 0.0114. The Balaban J connectivity index is 2.50. The van der Waals surface area contributed by atoms with Gasteiger partial charge >= 0.3 is 5.97 Å². The molecule has 0 aliphatic rings. The topological polar surface area (TPSA) is 80.9 Å². The van der Waals surface area contributed by atoms with E-state index in [1.54, 1.807) is 10.8 Å². The number of rotatable bonds is 2. The number of aromatic carboxylic acids is 1. The largest absolute Gasteiger partial charge is 0.476 e. The molecule has 82 valence electrons. The molecule has 2 heterocycles. The predicted molar refractivity (Wildman–Crippen MR) is 55.6 cm³/mol. The van der Waals surface area contributed by atoms with Crippen LogP contribution in [0.2, 0.25) is 0 Å². The number of carboxylic acids is 1. The van der Waals surface area contributed by atoms with Crippen molar-refractivity contribution in [2.24, 2.45) is 0 Å². The Labute approximate surface area is 91.6 Å². The van der Waals surface area contributed by atoms with Crippen LogP contribution < -0.4 is 0 Å². The van der Waals surface area contributed by atoms with Crippen LogP contribution in [0.25, 0.3) is 5.82 Å². The van der Waals surface area contributed by atoms with Crippen molar-refractivity contribution < 1.29 is 9.90 Å². The van der Waals surface area contributed by atoms with Crippen molar-refractivity contribution in [2.45, 2.75) is 13.8 Å². The van der Waals surface area contributed by atoms with Crippen LogP contribution in [0.15, 0.2) is 18.7 Å². The van der Waals surface area contributed by atoms with Crippen molar-refractivity contribution in [3.63, 3.8) is 0 Å².